The van der Waals surface area contributed by atoms with Crippen molar-refractivity contribution in [3.63, 3.8) is 0 Å². The van der Waals surface area contributed by atoms with E-state index in [1.54, 1.807) is 6.07 Å². The van der Waals surface area contributed by atoms with Crippen LogP contribution < -0.4 is 0 Å². The molecule has 0 atom stereocenters. The summed E-state index contributed by atoms with van der Waals surface area (Å²) in [6.45, 7) is 1.88. The van der Waals surface area contributed by atoms with Crippen LogP contribution in [0.4, 0.5) is 4.39 Å². The van der Waals surface area contributed by atoms with Crippen LogP contribution in [0, 0.1) is 17.1 Å². The number of halogens is 1. The molecule has 0 N–H and O–H groups in total. The molecule has 0 fully saturated rings. The van der Waals surface area contributed by atoms with Gasteiger partial charge in [0.25, 0.3) is 0 Å². The second kappa shape index (κ2) is 3.11. The van der Waals surface area contributed by atoms with E-state index in [1.807, 2.05) is 6.92 Å². The van der Waals surface area contributed by atoms with Crippen molar-refractivity contribution in [3.05, 3.63) is 29.3 Å². The molecule has 1 aromatic heterocycles. The lowest BCUT2D eigenvalue weighted by Crippen LogP contribution is -1.91. The van der Waals surface area contributed by atoms with Crippen LogP contribution in [0.3, 0.4) is 0 Å². The molecule has 0 bridgehead atoms. The normalized spacial score (nSPS) is 9.18. The molecule has 0 amide bonds. The summed E-state index contributed by atoms with van der Waals surface area (Å²) in [5.74, 6) is -0.487. The summed E-state index contributed by atoms with van der Waals surface area (Å²) in [5, 5.41) is 8.35. The van der Waals surface area contributed by atoms with Crippen molar-refractivity contribution in [3.8, 4) is 6.07 Å². The van der Waals surface area contributed by atoms with Gasteiger partial charge in [-0.15, -0.1) is 0 Å². The Bertz CT molecular complexity index is 301. The molecular formula is C8H7FN2. The number of hydrogen-bond donors (Lipinski definition) is 0. The van der Waals surface area contributed by atoms with E-state index < -0.39 is 5.82 Å². The highest BCUT2D eigenvalue weighted by atomic mass is 19.1. The first-order valence-corrected chi connectivity index (χ1v) is 3.32. The minimum absolute atomic E-state index is 0.00204. The van der Waals surface area contributed by atoms with Gasteiger partial charge in [-0.3, -0.25) is 4.98 Å². The lowest BCUT2D eigenvalue weighted by Gasteiger charge is -1.95. The Morgan fingerprint density at radius 2 is 2.45 bits per heavy atom. The second-order valence-corrected chi connectivity index (χ2v) is 2.12. The highest BCUT2D eigenvalue weighted by molar-refractivity contribution is 5.28. The first-order chi connectivity index (χ1) is 5.27. The summed E-state index contributed by atoms with van der Waals surface area (Å²) in [5.41, 5.74) is 0.670. The summed E-state index contributed by atoms with van der Waals surface area (Å²) >= 11 is 0. The van der Waals surface area contributed by atoms with Gasteiger partial charge in [0.15, 0.2) is 0 Å². The number of pyridine rings is 1. The molecule has 0 aliphatic rings. The van der Waals surface area contributed by atoms with Crippen LogP contribution in [0.25, 0.3) is 0 Å². The molecule has 1 aromatic rings. The fourth-order valence-electron chi connectivity index (χ4n) is 0.746. The van der Waals surface area contributed by atoms with Gasteiger partial charge < -0.3 is 0 Å². The summed E-state index contributed by atoms with van der Waals surface area (Å²) in [6.07, 6.45) is 1.94. The van der Waals surface area contributed by atoms with E-state index in [4.69, 9.17) is 5.26 Å². The smallest absolute Gasteiger partial charge is 0.144 e. The van der Waals surface area contributed by atoms with Crippen molar-refractivity contribution in [2.45, 2.75) is 13.3 Å². The quantitative estimate of drug-likeness (QED) is 0.610. The molecule has 0 radical (unpaired) electrons. The maximum absolute atomic E-state index is 12.8. The molecule has 11 heavy (non-hydrogen) atoms. The zero-order chi connectivity index (χ0) is 8.27. The van der Waals surface area contributed by atoms with Gasteiger partial charge in [-0.2, -0.15) is 5.26 Å². The van der Waals surface area contributed by atoms with Crippen molar-refractivity contribution in [2.75, 3.05) is 0 Å². The third-order valence-corrected chi connectivity index (χ3v) is 1.39. The maximum atomic E-state index is 12.8. The van der Waals surface area contributed by atoms with E-state index in [1.165, 1.54) is 12.3 Å². The van der Waals surface area contributed by atoms with Gasteiger partial charge in [0, 0.05) is 11.9 Å². The molecule has 3 heteroatoms. The van der Waals surface area contributed by atoms with Crippen molar-refractivity contribution in [1.29, 1.82) is 5.26 Å². The Hall–Kier alpha value is -1.43. The highest BCUT2D eigenvalue weighted by Gasteiger charge is 2.01. The third kappa shape index (κ3) is 1.53. The van der Waals surface area contributed by atoms with E-state index in [2.05, 4.69) is 4.98 Å². The lowest BCUT2D eigenvalue weighted by molar-refractivity contribution is 0.618. The van der Waals surface area contributed by atoms with Crippen LogP contribution in [-0.2, 0) is 6.42 Å². The number of nitrogens with zero attached hydrogens (tertiary/aromatic N) is 2. The standard InChI is InChI=1S/C8H7FN2/c1-2-7-3-8(9)6(4-10)5-11-7/h3,5H,2H2,1H3. The van der Waals surface area contributed by atoms with Gasteiger partial charge in [-0.1, -0.05) is 6.92 Å². The summed E-state index contributed by atoms with van der Waals surface area (Å²) in [7, 11) is 0. The monoisotopic (exact) mass is 150 g/mol. The van der Waals surface area contributed by atoms with Gasteiger partial charge in [0.05, 0.1) is 0 Å². The molecule has 0 aliphatic heterocycles. The zero-order valence-corrected chi connectivity index (χ0v) is 6.13. The third-order valence-electron chi connectivity index (χ3n) is 1.39. The zero-order valence-electron chi connectivity index (χ0n) is 6.13. The summed E-state index contributed by atoms with van der Waals surface area (Å²) in [6, 6.07) is 3.00. The Morgan fingerprint density at radius 3 is 2.91 bits per heavy atom. The molecular weight excluding hydrogens is 143 g/mol. The van der Waals surface area contributed by atoms with E-state index in [-0.39, 0.29) is 5.56 Å². The van der Waals surface area contributed by atoms with Crippen molar-refractivity contribution in [1.82, 2.24) is 4.98 Å². The molecule has 0 unspecified atom stereocenters. The van der Waals surface area contributed by atoms with Crippen LogP contribution in [0.15, 0.2) is 12.3 Å². The SMILES string of the molecule is CCc1cc(F)c(C#N)cn1. The molecule has 0 spiro atoms. The maximum Gasteiger partial charge on any atom is 0.144 e. The Kier molecular flexibility index (Phi) is 2.17. The van der Waals surface area contributed by atoms with Gasteiger partial charge in [0.1, 0.15) is 17.4 Å². The minimum Gasteiger partial charge on any atom is -0.260 e. The predicted octanol–water partition coefficient (Wildman–Crippen LogP) is 1.65. The average molecular weight is 150 g/mol. The number of nitriles is 1. The molecule has 0 aromatic carbocycles. The van der Waals surface area contributed by atoms with E-state index in [0.717, 1.165) is 0 Å². The number of hydrogen-bond acceptors (Lipinski definition) is 2. The Labute approximate surface area is 64.3 Å². The van der Waals surface area contributed by atoms with Crippen LogP contribution in [0.1, 0.15) is 18.2 Å². The van der Waals surface area contributed by atoms with Gasteiger partial charge in [-0.05, 0) is 12.5 Å². The van der Waals surface area contributed by atoms with Crippen molar-refractivity contribution >= 4 is 0 Å². The minimum atomic E-state index is -0.487. The van der Waals surface area contributed by atoms with E-state index in [0.29, 0.717) is 12.1 Å². The fraction of sp³-hybridized carbons (Fsp3) is 0.250. The summed E-state index contributed by atoms with van der Waals surface area (Å²) in [4.78, 5) is 3.87. The molecule has 1 heterocycles. The Morgan fingerprint density at radius 1 is 1.73 bits per heavy atom. The largest absolute Gasteiger partial charge is 0.260 e. The van der Waals surface area contributed by atoms with Crippen molar-refractivity contribution < 1.29 is 4.39 Å². The van der Waals surface area contributed by atoms with Crippen LogP contribution in [-0.4, -0.2) is 4.98 Å². The molecule has 2 nitrogen and oxygen atoms in total. The van der Waals surface area contributed by atoms with E-state index in [9.17, 15) is 4.39 Å². The van der Waals surface area contributed by atoms with Gasteiger partial charge in [0.2, 0.25) is 0 Å². The first-order valence-electron chi connectivity index (χ1n) is 3.32. The molecule has 0 saturated heterocycles. The van der Waals surface area contributed by atoms with Gasteiger partial charge in [-0.25, -0.2) is 4.39 Å². The molecule has 1 rings (SSSR count). The molecule has 56 valence electrons. The molecule has 0 saturated carbocycles. The lowest BCUT2D eigenvalue weighted by atomic mass is 10.2. The van der Waals surface area contributed by atoms with E-state index >= 15 is 0 Å². The predicted molar refractivity (Wildman–Crippen MR) is 38.3 cm³/mol. The highest BCUT2D eigenvalue weighted by Crippen LogP contribution is 2.05. The van der Waals surface area contributed by atoms with Crippen LogP contribution in [0.5, 0.6) is 0 Å². The van der Waals surface area contributed by atoms with Crippen LogP contribution >= 0.6 is 0 Å². The number of aromatic nitrogens is 1. The molecule has 0 aliphatic carbocycles. The van der Waals surface area contributed by atoms with Gasteiger partial charge >= 0.3 is 0 Å². The fourth-order valence-corrected chi connectivity index (χ4v) is 0.746. The Balaban J connectivity index is 3.12. The topological polar surface area (TPSA) is 36.7 Å². The average Bonchev–Trinajstić information content (AvgIpc) is 2.04. The van der Waals surface area contributed by atoms with Crippen LogP contribution in [0.2, 0.25) is 0 Å². The number of rotatable bonds is 1. The number of aryl methyl sites for hydroxylation is 1. The summed E-state index contributed by atoms with van der Waals surface area (Å²) < 4.78 is 12.8. The first kappa shape index (κ1) is 7.67. The van der Waals surface area contributed by atoms with Crippen molar-refractivity contribution in [2.24, 2.45) is 0 Å². The second-order valence-electron chi connectivity index (χ2n) is 2.12.